The van der Waals surface area contributed by atoms with Crippen molar-refractivity contribution in [2.75, 3.05) is 17.8 Å². The predicted octanol–water partition coefficient (Wildman–Crippen LogP) is 3.50. The molecule has 1 fully saturated rings. The van der Waals surface area contributed by atoms with Crippen molar-refractivity contribution in [1.82, 2.24) is 4.90 Å². The van der Waals surface area contributed by atoms with Gasteiger partial charge in [0.1, 0.15) is 0 Å². The van der Waals surface area contributed by atoms with Crippen LogP contribution in [-0.4, -0.2) is 32.3 Å². The Labute approximate surface area is 148 Å². The Balaban J connectivity index is 1.78. The number of carbonyl (C=O) groups excluding carboxylic acids is 1. The van der Waals surface area contributed by atoms with Gasteiger partial charge in [0.25, 0.3) is 15.9 Å². The summed E-state index contributed by atoms with van der Waals surface area (Å²) in [5.41, 5.74) is 0.902. The first kappa shape index (κ1) is 17.5. The number of hydrogen-bond acceptors (Lipinski definition) is 3. The average molecular weight is 358 g/mol. The second-order valence-electron chi connectivity index (χ2n) is 6.21. The van der Waals surface area contributed by atoms with Crippen LogP contribution < -0.4 is 4.72 Å². The van der Waals surface area contributed by atoms with Crippen molar-refractivity contribution in [3.05, 3.63) is 60.2 Å². The molecule has 3 rings (SSSR count). The van der Waals surface area contributed by atoms with Crippen molar-refractivity contribution in [2.24, 2.45) is 0 Å². The summed E-state index contributed by atoms with van der Waals surface area (Å²) in [5.74, 6) is -0.0392. The SMILES string of the molecule is O=C(c1cccc(NS(=O)(=O)c2ccccc2)c1)N1CCCCCC1. The number of likely N-dealkylation sites (tertiary alicyclic amines) is 1. The lowest BCUT2D eigenvalue weighted by Crippen LogP contribution is -2.31. The van der Waals surface area contributed by atoms with E-state index in [1.165, 1.54) is 12.1 Å². The molecule has 132 valence electrons. The molecule has 1 N–H and O–H groups in total. The van der Waals surface area contributed by atoms with E-state index >= 15 is 0 Å². The van der Waals surface area contributed by atoms with Crippen LogP contribution in [0.1, 0.15) is 36.0 Å². The smallest absolute Gasteiger partial charge is 0.261 e. The van der Waals surface area contributed by atoms with E-state index in [0.717, 1.165) is 38.8 Å². The fourth-order valence-electron chi connectivity index (χ4n) is 2.99. The Hall–Kier alpha value is -2.34. The zero-order chi connectivity index (χ0) is 17.7. The molecule has 1 saturated heterocycles. The number of nitrogens with one attached hydrogen (secondary N) is 1. The first-order chi connectivity index (χ1) is 12.1. The fraction of sp³-hybridized carbons (Fsp3) is 0.316. The Morgan fingerprint density at radius 1 is 0.880 bits per heavy atom. The molecule has 0 saturated carbocycles. The van der Waals surface area contributed by atoms with Crippen LogP contribution in [0.5, 0.6) is 0 Å². The molecule has 0 aliphatic carbocycles. The second kappa shape index (κ2) is 7.70. The second-order valence-corrected chi connectivity index (χ2v) is 7.89. The van der Waals surface area contributed by atoms with Gasteiger partial charge in [0, 0.05) is 24.3 Å². The molecular formula is C19H22N2O3S. The van der Waals surface area contributed by atoms with Crippen molar-refractivity contribution >= 4 is 21.6 Å². The third kappa shape index (κ3) is 4.39. The van der Waals surface area contributed by atoms with Crippen molar-refractivity contribution in [2.45, 2.75) is 30.6 Å². The van der Waals surface area contributed by atoms with Gasteiger partial charge in [0.15, 0.2) is 0 Å². The van der Waals surface area contributed by atoms with Gasteiger partial charge in [-0.1, -0.05) is 37.1 Å². The van der Waals surface area contributed by atoms with E-state index in [-0.39, 0.29) is 10.8 Å². The highest BCUT2D eigenvalue weighted by Crippen LogP contribution is 2.19. The largest absolute Gasteiger partial charge is 0.339 e. The van der Waals surface area contributed by atoms with E-state index in [1.807, 2.05) is 4.90 Å². The molecule has 0 bridgehead atoms. The van der Waals surface area contributed by atoms with E-state index in [0.29, 0.717) is 11.3 Å². The summed E-state index contributed by atoms with van der Waals surface area (Å²) in [7, 11) is -3.66. The molecule has 1 heterocycles. The first-order valence-electron chi connectivity index (χ1n) is 8.53. The van der Waals surface area contributed by atoms with Crippen molar-refractivity contribution in [3.63, 3.8) is 0 Å². The Bertz CT molecular complexity index is 827. The molecule has 1 aliphatic rings. The Morgan fingerprint density at radius 2 is 1.56 bits per heavy atom. The van der Waals surface area contributed by atoms with Crippen LogP contribution in [-0.2, 0) is 10.0 Å². The molecule has 0 spiro atoms. The van der Waals surface area contributed by atoms with Gasteiger partial charge in [0.05, 0.1) is 4.90 Å². The molecule has 0 aromatic heterocycles. The Morgan fingerprint density at radius 3 is 2.24 bits per heavy atom. The highest BCUT2D eigenvalue weighted by atomic mass is 32.2. The number of benzene rings is 2. The molecule has 1 aliphatic heterocycles. The third-order valence-electron chi connectivity index (χ3n) is 4.31. The zero-order valence-corrected chi connectivity index (χ0v) is 14.8. The summed E-state index contributed by atoms with van der Waals surface area (Å²) >= 11 is 0. The van der Waals surface area contributed by atoms with Gasteiger partial charge in [-0.15, -0.1) is 0 Å². The van der Waals surface area contributed by atoms with Crippen molar-refractivity contribution < 1.29 is 13.2 Å². The lowest BCUT2D eigenvalue weighted by Gasteiger charge is -2.20. The minimum Gasteiger partial charge on any atom is -0.339 e. The Kier molecular flexibility index (Phi) is 5.38. The highest BCUT2D eigenvalue weighted by Gasteiger charge is 2.19. The molecule has 1 amide bonds. The maximum absolute atomic E-state index is 12.7. The third-order valence-corrected chi connectivity index (χ3v) is 5.71. The molecule has 2 aromatic rings. The lowest BCUT2D eigenvalue weighted by atomic mass is 10.1. The predicted molar refractivity (Wildman–Crippen MR) is 98.1 cm³/mol. The molecule has 0 radical (unpaired) electrons. The zero-order valence-electron chi connectivity index (χ0n) is 14.0. The van der Waals surface area contributed by atoms with Gasteiger partial charge in [-0.3, -0.25) is 9.52 Å². The summed E-state index contributed by atoms with van der Waals surface area (Å²) in [6.07, 6.45) is 4.35. The van der Waals surface area contributed by atoms with Crippen LogP contribution in [0.4, 0.5) is 5.69 Å². The van der Waals surface area contributed by atoms with Gasteiger partial charge >= 0.3 is 0 Å². The number of nitrogens with zero attached hydrogens (tertiary/aromatic N) is 1. The summed E-state index contributed by atoms with van der Waals surface area (Å²) in [6, 6.07) is 14.9. The summed E-state index contributed by atoms with van der Waals surface area (Å²) in [6.45, 7) is 1.53. The maximum atomic E-state index is 12.7. The highest BCUT2D eigenvalue weighted by molar-refractivity contribution is 7.92. The minimum atomic E-state index is -3.66. The van der Waals surface area contributed by atoms with Crippen LogP contribution in [0.3, 0.4) is 0 Å². The summed E-state index contributed by atoms with van der Waals surface area (Å²) < 4.78 is 27.4. The molecule has 0 unspecified atom stereocenters. The van der Waals surface area contributed by atoms with E-state index < -0.39 is 10.0 Å². The molecule has 6 heteroatoms. The van der Waals surface area contributed by atoms with E-state index in [9.17, 15) is 13.2 Å². The van der Waals surface area contributed by atoms with Crippen molar-refractivity contribution in [1.29, 1.82) is 0 Å². The van der Waals surface area contributed by atoms with E-state index in [2.05, 4.69) is 4.72 Å². The van der Waals surface area contributed by atoms with Gasteiger partial charge in [-0.2, -0.15) is 0 Å². The van der Waals surface area contributed by atoms with Crippen LogP contribution >= 0.6 is 0 Å². The molecule has 25 heavy (non-hydrogen) atoms. The van der Waals surface area contributed by atoms with Gasteiger partial charge in [0.2, 0.25) is 0 Å². The monoisotopic (exact) mass is 358 g/mol. The number of rotatable bonds is 4. The fourth-order valence-corrected chi connectivity index (χ4v) is 4.06. The first-order valence-corrected chi connectivity index (χ1v) is 10.0. The average Bonchev–Trinajstić information content (AvgIpc) is 2.91. The molecule has 0 atom stereocenters. The number of carbonyl (C=O) groups is 1. The minimum absolute atomic E-state index is 0.0392. The number of sulfonamides is 1. The summed E-state index contributed by atoms with van der Waals surface area (Å²) in [5, 5.41) is 0. The molecule has 2 aromatic carbocycles. The van der Waals surface area contributed by atoms with Crippen molar-refractivity contribution in [3.8, 4) is 0 Å². The normalized spacial score (nSPS) is 15.4. The number of anilines is 1. The number of hydrogen-bond donors (Lipinski definition) is 1. The van der Waals surface area contributed by atoms with Gasteiger partial charge < -0.3 is 4.90 Å². The van der Waals surface area contributed by atoms with Crippen LogP contribution in [0.15, 0.2) is 59.5 Å². The van der Waals surface area contributed by atoms with Crippen LogP contribution in [0.25, 0.3) is 0 Å². The lowest BCUT2D eigenvalue weighted by molar-refractivity contribution is 0.0761. The summed E-state index contributed by atoms with van der Waals surface area (Å²) in [4.78, 5) is 14.7. The van der Waals surface area contributed by atoms with Gasteiger partial charge in [-0.05, 0) is 43.2 Å². The number of amides is 1. The standard InChI is InChI=1S/C19H22N2O3S/c22-19(21-13-6-1-2-7-14-21)16-9-8-10-17(15-16)20-25(23,24)18-11-4-3-5-12-18/h3-5,8-12,15,20H,1-2,6-7,13-14H2. The van der Waals surface area contributed by atoms with Gasteiger partial charge in [-0.25, -0.2) is 8.42 Å². The molecule has 5 nitrogen and oxygen atoms in total. The van der Waals surface area contributed by atoms with E-state index in [1.54, 1.807) is 42.5 Å². The van der Waals surface area contributed by atoms with E-state index in [4.69, 9.17) is 0 Å². The van der Waals surface area contributed by atoms with Crippen LogP contribution in [0, 0.1) is 0 Å². The molecular weight excluding hydrogens is 336 g/mol. The quantitative estimate of drug-likeness (QED) is 0.909. The maximum Gasteiger partial charge on any atom is 0.261 e. The van der Waals surface area contributed by atoms with Crippen LogP contribution in [0.2, 0.25) is 0 Å². The topological polar surface area (TPSA) is 66.5 Å².